The van der Waals surface area contributed by atoms with Gasteiger partial charge in [-0.05, 0) is 37.1 Å². The number of pyridine rings is 1. The van der Waals surface area contributed by atoms with Gasteiger partial charge in [-0.2, -0.15) is 13.2 Å². The molecule has 0 unspecified atom stereocenters. The topological polar surface area (TPSA) is 94.3 Å². The fourth-order valence-corrected chi connectivity index (χ4v) is 2.55. The number of nitrogens with one attached hydrogen (secondary N) is 1. The predicted octanol–water partition coefficient (Wildman–Crippen LogP) is 2.77. The second kappa shape index (κ2) is 6.90. The monoisotopic (exact) mass is 379 g/mol. The number of aromatic nitrogens is 1. The summed E-state index contributed by atoms with van der Waals surface area (Å²) in [4.78, 5) is 27.6. The zero-order valence-corrected chi connectivity index (χ0v) is 14.0. The number of alkyl halides is 3. The van der Waals surface area contributed by atoms with E-state index in [-0.39, 0.29) is 18.2 Å². The first kappa shape index (κ1) is 18.7. The summed E-state index contributed by atoms with van der Waals surface area (Å²) in [6.07, 6.45) is -2.28. The molecule has 27 heavy (non-hydrogen) atoms. The summed E-state index contributed by atoms with van der Waals surface area (Å²) >= 11 is 0. The maximum Gasteiger partial charge on any atom is 0.416 e. The van der Waals surface area contributed by atoms with Crippen molar-refractivity contribution in [3.8, 4) is 11.6 Å². The summed E-state index contributed by atoms with van der Waals surface area (Å²) < 4.78 is 43.9. The molecule has 0 bridgehead atoms. The van der Waals surface area contributed by atoms with Gasteiger partial charge in [0, 0.05) is 18.3 Å². The van der Waals surface area contributed by atoms with Gasteiger partial charge in [-0.3, -0.25) is 9.59 Å². The number of nitrogens with two attached hydrogens (primary N) is 1. The number of ether oxygens (including phenoxy) is 1. The van der Waals surface area contributed by atoms with Crippen LogP contribution in [-0.2, 0) is 22.3 Å². The lowest BCUT2D eigenvalue weighted by atomic mass is 10.1. The van der Waals surface area contributed by atoms with Crippen LogP contribution in [0, 0.1) is 5.41 Å². The standard InChI is InChI=1S/C18H16F3N3O3/c19-18(20,21)12-4-1-5-13(9-12)27-14-11(3-2-8-23-14)10-24-16(26)17(6-7-17)15(22)25/h1-5,8-9H,6-7,10H2,(H2,22,25)(H,24,26). The Kier molecular flexibility index (Phi) is 4.77. The van der Waals surface area contributed by atoms with Crippen LogP contribution in [0.1, 0.15) is 24.0 Å². The molecule has 1 heterocycles. The minimum absolute atomic E-state index is 0.00397. The number of carbonyl (C=O) groups is 2. The van der Waals surface area contributed by atoms with Gasteiger partial charge < -0.3 is 15.8 Å². The molecule has 1 saturated carbocycles. The highest BCUT2D eigenvalue weighted by atomic mass is 19.4. The third-order valence-corrected chi connectivity index (χ3v) is 4.32. The van der Waals surface area contributed by atoms with E-state index in [1.165, 1.54) is 18.3 Å². The van der Waals surface area contributed by atoms with Gasteiger partial charge in [0.25, 0.3) is 0 Å². The highest BCUT2D eigenvalue weighted by molar-refractivity contribution is 6.07. The molecule has 0 atom stereocenters. The second-order valence-corrected chi connectivity index (χ2v) is 6.22. The molecule has 1 fully saturated rings. The van der Waals surface area contributed by atoms with Gasteiger partial charge in [0.15, 0.2) is 0 Å². The number of benzene rings is 1. The molecule has 3 N–H and O–H groups in total. The van der Waals surface area contributed by atoms with E-state index >= 15 is 0 Å². The van der Waals surface area contributed by atoms with Crippen molar-refractivity contribution in [2.45, 2.75) is 25.6 Å². The molecule has 3 rings (SSSR count). The minimum Gasteiger partial charge on any atom is -0.439 e. The van der Waals surface area contributed by atoms with Crippen LogP contribution in [-0.4, -0.2) is 16.8 Å². The largest absolute Gasteiger partial charge is 0.439 e. The van der Waals surface area contributed by atoms with Gasteiger partial charge >= 0.3 is 6.18 Å². The highest BCUT2D eigenvalue weighted by Gasteiger charge is 2.55. The summed E-state index contributed by atoms with van der Waals surface area (Å²) in [6, 6.07) is 7.61. The van der Waals surface area contributed by atoms with E-state index in [0.717, 1.165) is 12.1 Å². The van der Waals surface area contributed by atoms with Crippen LogP contribution in [0.5, 0.6) is 11.6 Å². The molecule has 142 valence electrons. The van der Waals surface area contributed by atoms with Crippen LogP contribution in [0.4, 0.5) is 13.2 Å². The normalized spacial score (nSPS) is 15.1. The number of nitrogens with zero attached hydrogens (tertiary/aromatic N) is 1. The van der Waals surface area contributed by atoms with Gasteiger partial charge in [0.05, 0.1) is 5.56 Å². The number of hydrogen-bond acceptors (Lipinski definition) is 4. The van der Waals surface area contributed by atoms with Crippen LogP contribution in [0.3, 0.4) is 0 Å². The number of carbonyl (C=O) groups excluding carboxylic acids is 2. The minimum atomic E-state index is -4.49. The van der Waals surface area contributed by atoms with Gasteiger partial charge in [0.1, 0.15) is 11.2 Å². The average Bonchev–Trinajstić information content (AvgIpc) is 3.42. The Bertz CT molecular complexity index is 879. The Labute approximate surface area is 152 Å². The lowest BCUT2D eigenvalue weighted by molar-refractivity contribution is -0.138. The van der Waals surface area contributed by atoms with Crippen molar-refractivity contribution >= 4 is 11.8 Å². The molecule has 0 radical (unpaired) electrons. The molecular weight excluding hydrogens is 363 g/mol. The molecule has 2 aromatic rings. The van der Waals surface area contributed by atoms with E-state index in [1.807, 2.05) is 0 Å². The average molecular weight is 379 g/mol. The van der Waals surface area contributed by atoms with Gasteiger partial charge in [-0.15, -0.1) is 0 Å². The third kappa shape index (κ3) is 4.02. The van der Waals surface area contributed by atoms with E-state index in [9.17, 15) is 22.8 Å². The lowest BCUT2D eigenvalue weighted by Gasteiger charge is -2.14. The zero-order valence-electron chi connectivity index (χ0n) is 14.0. The van der Waals surface area contributed by atoms with E-state index in [2.05, 4.69) is 10.3 Å². The Morgan fingerprint density at radius 2 is 1.96 bits per heavy atom. The molecule has 1 aliphatic carbocycles. The van der Waals surface area contributed by atoms with Crippen molar-refractivity contribution in [3.05, 3.63) is 53.7 Å². The van der Waals surface area contributed by atoms with Crippen LogP contribution in [0.2, 0.25) is 0 Å². The maximum atomic E-state index is 12.8. The number of rotatable bonds is 6. The van der Waals surface area contributed by atoms with Gasteiger partial charge in [-0.1, -0.05) is 12.1 Å². The number of amides is 2. The Hall–Kier alpha value is -3.10. The summed E-state index contributed by atoms with van der Waals surface area (Å²) in [7, 11) is 0. The van der Waals surface area contributed by atoms with E-state index in [4.69, 9.17) is 10.5 Å². The molecule has 9 heteroatoms. The first-order chi connectivity index (χ1) is 12.7. The zero-order chi connectivity index (χ0) is 19.7. The lowest BCUT2D eigenvalue weighted by Crippen LogP contribution is -2.40. The summed E-state index contributed by atoms with van der Waals surface area (Å²) in [6.45, 7) is -0.00397. The molecule has 6 nitrogen and oxygen atoms in total. The highest BCUT2D eigenvalue weighted by Crippen LogP contribution is 2.45. The molecular formula is C18H16F3N3O3. The van der Waals surface area contributed by atoms with Crippen LogP contribution in [0.25, 0.3) is 0 Å². The molecule has 0 saturated heterocycles. The van der Waals surface area contributed by atoms with E-state index < -0.39 is 29.0 Å². The summed E-state index contributed by atoms with van der Waals surface area (Å²) in [5, 5.41) is 2.61. The Morgan fingerprint density at radius 3 is 2.59 bits per heavy atom. The van der Waals surface area contributed by atoms with Crippen LogP contribution in [0.15, 0.2) is 42.6 Å². The van der Waals surface area contributed by atoms with Crippen molar-refractivity contribution in [1.82, 2.24) is 10.3 Å². The van der Waals surface area contributed by atoms with Crippen molar-refractivity contribution in [3.63, 3.8) is 0 Å². The first-order valence-corrected chi connectivity index (χ1v) is 8.09. The molecule has 1 aliphatic rings. The molecule has 1 aromatic carbocycles. The number of primary amides is 1. The van der Waals surface area contributed by atoms with E-state index in [1.54, 1.807) is 12.1 Å². The van der Waals surface area contributed by atoms with Gasteiger partial charge in [0.2, 0.25) is 17.7 Å². The quantitative estimate of drug-likeness (QED) is 0.755. The molecule has 2 amide bonds. The molecule has 0 spiro atoms. The van der Waals surface area contributed by atoms with Crippen LogP contribution >= 0.6 is 0 Å². The van der Waals surface area contributed by atoms with Crippen molar-refractivity contribution in [2.75, 3.05) is 0 Å². The van der Waals surface area contributed by atoms with Crippen LogP contribution < -0.4 is 15.8 Å². The van der Waals surface area contributed by atoms with Crippen molar-refractivity contribution in [1.29, 1.82) is 0 Å². The van der Waals surface area contributed by atoms with Crippen molar-refractivity contribution < 1.29 is 27.5 Å². The fourth-order valence-electron chi connectivity index (χ4n) is 2.55. The second-order valence-electron chi connectivity index (χ2n) is 6.22. The third-order valence-electron chi connectivity index (χ3n) is 4.32. The smallest absolute Gasteiger partial charge is 0.416 e. The number of halogens is 3. The Balaban J connectivity index is 1.73. The number of hydrogen-bond donors (Lipinski definition) is 2. The Morgan fingerprint density at radius 1 is 1.22 bits per heavy atom. The maximum absolute atomic E-state index is 12.8. The summed E-state index contributed by atoms with van der Waals surface area (Å²) in [5.74, 6) is -1.14. The summed E-state index contributed by atoms with van der Waals surface area (Å²) in [5.41, 5.74) is 3.70. The van der Waals surface area contributed by atoms with Gasteiger partial charge in [-0.25, -0.2) is 4.98 Å². The van der Waals surface area contributed by atoms with E-state index in [0.29, 0.717) is 18.4 Å². The SMILES string of the molecule is NC(=O)C1(C(=O)NCc2cccnc2Oc2cccc(C(F)(F)F)c2)CC1. The van der Waals surface area contributed by atoms with Crippen molar-refractivity contribution in [2.24, 2.45) is 11.1 Å². The first-order valence-electron chi connectivity index (χ1n) is 8.09. The molecule has 1 aromatic heterocycles. The molecule has 0 aliphatic heterocycles. The fraction of sp³-hybridized carbons (Fsp3) is 0.278. The predicted molar refractivity (Wildman–Crippen MR) is 88.5 cm³/mol.